The summed E-state index contributed by atoms with van der Waals surface area (Å²) < 4.78 is 6.67. The Labute approximate surface area is 109 Å². The van der Waals surface area contributed by atoms with Crippen LogP contribution in [0.1, 0.15) is 24.4 Å². The van der Waals surface area contributed by atoms with E-state index in [1.807, 2.05) is 18.2 Å². The van der Waals surface area contributed by atoms with Crippen LogP contribution in [0.4, 0.5) is 0 Å². The Kier molecular flexibility index (Phi) is 4.02. The van der Waals surface area contributed by atoms with E-state index in [0.29, 0.717) is 6.61 Å². The summed E-state index contributed by atoms with van der Waals surface area (Å²) in [5.74, 6) is 0.535. The van der Waals surface area contributed by atoms with Crippen LogP contribution >= 0.6 is 15.9 Å². The average molecular weight is 299 g/mol. The average Bonchev–Trinajstić information content (AvgIpc) is 2.48. The summed E-state index contributed by atoms with van der Waals surface area (Å²) in [7, 11) is 0. The van der Waals surface area contributed by atoms with Crippen molar-refractivity contribution in [2.45, 2.75) is 18.9 Å². The van der Waals surface area contributed by atoms with Crippen LogP contribution in [0.5, 0.6) is 5.75 Å². The van der Waals surface area contributed by atoms with Crippen LogP contribution in [0.3, 0.4) is 0 Å². The van der Waals surface area contributed by atoms with Gasteiger partial charge in [-0.15, -0.1) is 0 Å². The number of rotatable bonds is 3. The second kappa shape index (κ2) is 5.51. The summed E-state index contributed by atoms with van der Waals surface area (Å²) in [6.45, 7) is 0.901. The van der Waals surface area contributed by atoms with E-state index in [1.54, 1.807) is 0 Å². The summed E-state index contributed by atoms with van der Waals surface area (Å²) in [5, 5.41) is 3.17. The molecule has 0 aliphatic carbocycles. The van der Waals surface area contributed by atoms with Crippen LogP contribution in [0, 0.1) is 0 Å². The monoisotopic (exact) mass is 298 g/mol. The second-order valence-electron chi connectivity index (χ2n) is 4.07. The summed E-state index contributed by atoms with van der Waals surface area (Å²) >= 11 is 3.42. The molecule has 1 heterocycles. The van der Waals surface area contributed by atoms with Gasteiger partial charge in [0, 0.05) is 16.1 Å². The summed E-state index contributed by atoms with van der Waals surface area (Å²) in [6.07, 6.45) is 1.91. The molecule has 0 spiro atoms. The van der Waals surface area contributed by atoms with Gasteiger partial charge in [-0.1, -0.05) is 22.0 Å². The van der Waals surface area contributed by atoms with Crippen LogP contribution in [0.2, 0.25) is 0 Å². The summed E-state index contributed by atoms with van der Waals surface area (Å²) in [6, 6.07) is 6.09. The molecule has 92 valence electrons. The van der Waals surface area contributed by atoms with Gasteiger partial charge in [-0.2, -0.15) is 0 Å². The minimum atomic E-state index is -0.339. The minimum absolute atomic E-state index is 0.132. The van der Waals surface area contributed by atoms with E-state index in [0.717, 1.165) is 28.6 Å². The Morgan fingerprint density at radius 1 is 1.59 bits per heavy atom. The maximum absolute atomic E-state index is 10.8. The predicted molar refractivity (Wildman–Crippen MR) is 68.8 cm³/mol. The number of nitrogens with one attached hydrogen (secondary N) is 1. The van der Waals surface area contributed by atoms with Crippen molar-refractivity contribution in [2.24, 2.45) is 5.73 Å². The van der Waals surface area contributed by atoms with Gasteiger partial charge in [0.05, 0.1) is 13.2 Å². The first-order valence-electron chi connectivity index (χ1n) is 5.61. The van der Waals surface area contributed by atoms with Crippen molar-refractivity contribution in [1.29, 1.82) is 0 Å². The van der Waals surface area contributed by atoms with Crippen LogP contribution < -0.4 is 15.8 Å². The van der Waals surface area contributed by atoms with Gasteiger partial charge >= 0.3 is 0 Å². The Bertz CT molecular complexity index is 423. The normalized spacial score (nSPS) is 19.0. The zero-order valence-corrected chi connectivity index (χ0v) is 11.0. The maximum atomic E-state index is 10.8. The fraction of sp³-hybridized carbons (Fsp3) is 0.417. The lowest BCUT2D eigenvalue weighted by Crippen LogP contribution is -2.31. The van der Waals surface area contributed by atoms with E-state index in [4.69, 9.17) is 10.5 Å². The molecule has 1 aliphatic rings. The number of halogens is 1. The quantitative estimate of drug-likeness (QED) is 0.893. The lowest BCUT2D eigenvalue weighted by atomic mass is 10.0. The highest BCUT2D eigenvalue weighted by molar-refractivity contribution is 9.10. The third-order valence-electron chi connectivity index (χ3n) is 2.77. The zero-order valence-electron chi connectivity index (χ0n) is 9.41. The Balaban J connectivity index is 2.20. The number of hydrogen-bond donors (Lipinski definition) is 2. The first-order chi connectivity index (χ1) is 8.16. The number of nitrogens with two attached hydrogens (primary N) is 1. The first-order valence-corrected chi connectivity index (χ1v) is 6.40. The third kappa shape index (κ3) is 3.20. The van der Waals surface area contributed by atoms with Gasteiger partial charge in [0.15, 0.2) is 0 Å². The van der Waals surface area contributed by atoms with Gasteiger partial charge in [-0.25, -0.2) is 0 Å². The molecule has 0 radical (unpaired) electrons. The molecule has 1 amide bonds. The number of carbonyl (C=O) groups is 1. The maximum Gasteiger partial charge on any atom is 0.231 e. The highest BCUT2D eigenvalue weighted by Crippen LogP contribution is 2.33. The molecule has 17 heavy (non-hydrogen) atoms. The largest absolute Gasteiger partial charge is 0.493 e. The minimum Gasteiger partial charge on any atom is -0.493 e. The lowest BCUT2D eigenvalue weighted by Gasteiger charge is -2.17. The second-order valence-corrected chi connectivity index (χ2v) is 4.99. The van der Waals surface area contributed by atoms with Gasteiger partial charge in [-0.05, 0) is 25.0 Å². The number of benzene rings is 1. The van der Waals surface area contributed by atoms with Crippen LogP contribution in [-0.4, -0.2) is 19.1 Å². The fourth-order valence-corrected chi connectivity index (χ4v) is 2.32. The topological polar surface area (TPSA) is 64.4 Å². The van der Waals surface area contributed by atoms with Crippen LogP contribution in [0.15, 0.2) is 22.7 Å². The van der Waals surface area contributed by atoms with Gasteiger partial charge in [-0.3, -0.25) is 4.79 Å². The smallest absolute Gasteiger partial charge is 0.231 e. The van der Waals surface area contributed by atoms with Crippen molar-refractivity contribution in [1.82, 2.24) is 5.32 Å². The van der Waals surface area contributed by atoms with Crippen molar-refractivity contribution in [2.75, 3.05) is 13.2 Å². The fourth-order valence-electron chi connectivity index (χ4n) is 1.98. The number of amides is 1. The summed E-state index contributed by atoms with van der Waals surface area (Å²) in [5.41, 5.74) is 6.24. The number of primary amides is 1. The molecular weight excluding hydrogens is 284 g/mol. The molecule has 2 rings (SSSR count). The lowest BCUT2D eigenvalue weighted by molar-refractivity contribution is -0.117. The van der Waals surface area contributed by atoms with Crippen molar-refractivity contribution < 1.29 is 9.53 Å². The zero-order chi connectivity index (χ0) is 12.3. The molecule has 0 saturated carbocycles. The highest BCUT2D eigenvalue weighted by Gasteiger charge is 2.19. The van der Waals surface area contributed by atoms with Crippen LogP contribution in [-0.2, 0) is 4.79 Å². The van der Waals surface area contributed by atoms with Crippen molar-refractivity contribution in [3.05, 3.63) is 28.2 Å². The molecule has 0 fully saturated rings. The van der Waals surface area contributed by atoms with Gasteiger partial charge in [0.1, 0.15) is 5.75 Å². The van der Waals surface area contributed by atoms with Gasteiger partial charge in [0.2, 0.25) is 5.91 Å². The number of fused-ring (bicyclic) bond motifs is 1. The van der Waals surface area contributed by atoms with E-state index in [1.165, 1.54) is 0 Å². The predicted octanol–water partition coefficient (Wildman–Crippen LogP) is 1.74. The molecule has 0 aromatic heterocycles. The molecule has 1 unspecified atom stereocenters. The number of carbonyl (C=O) groups excluding carboxylic acids is 1. The van der Waals surface area contributed by atoms with E-state index in [9.17, 15) is 4.79 Å². The van der Waals surface area contributed by atoms with E-state index < -0.39 is 0 Å². The SMILES string of the molecule is NC(=O)CNC1CCCOc2cc(Br)ccc21. The highest BCUT2D eigenvalue weighted by atomic mass is 79.9. The van der Waals surface area contributed by atoms with Gasteiger partial charge in [0.25, 0.3) is 0 Å². The summed E-state index contributed by atoms with van der Waals surface area (Å²) in [4.78, 5) is 10.8. The van der Waals surface area contributed by atoms with Crippen molar-refractivity contribution >= 4 is 21.8 Å². The molecule has 4 nitrogen and oxygen atoms in total. The third-order valence-corrected chi connectivity index (χ3v) is 3.26. The molecule has 5 heteroatoms. The molecule has 0 bridgehead atoms. The number of hydrogen-bond acceptors (Lipinski definition) is 3. The standard InChI is InChI=1S/C12H15BrN2O2/c13-8-3-4-9-10(15-7-12(14)16)2-1-5-17-11(9)6-8/h3-4,6,10,15H,1-2,5,7H2,(H2,14,16). The van der Waals surface area contributed by atoms with Crippen molar-refractivity contribution in [3.8, 4) is 5.75 Å². The van der Waals surface area contributed by atoms with E-state index >= 15 is 0 Å². The van der Waals surface area contributed by atoms with Gasteiger partial charge < -0.3 is 15.8 Å². The Morgan fingerprint density at radius 2 is 2.41 bits per heavy atom. The van der Waals surface area contributed by atoms with E-state index in [2.05, 4.69) is 21.2 Å². The number of ether oxygens (including phenoxy) is 1. The molecule has 1 aliphatic heterocycles. The van der Waals surface area contributed by atoms with Crippen molar-refractivity contribution in [3.63, 3.8) is 0 Å². The Morgan fingerprint density at radius 3 is 3.18 bits per heavy atom. The van der Waals surface area contributed by atoms with E-state index in [-0.39, 0.29) is 18.5 Å². The first kappa shape index (κ1) is 12.4. The molecule has 1 aromatic rings. The van der Waals surface area contributed by atoms with Crippen LogP contribution in [0.25, 0.3) is 0 Å². The Hall–Kier alpha value is -1.07. The molecule has 1 aromatic carbocycles. The molecule has 1 atom stereocenters. The molecule has 3 N–H and O–H groups in total. The molecular formula is C12H15BrN2O2. The molecule has 0 saturated heterocycles.